The van der Waals surface area contributed by atoms with Crippen LogP contribution in [0.5, 0.6) is 0 Å². The number of fused-ring (bicyclic) bond motifs is 3. The van der Waals surface area contributed by atoms with Crippen LogP contribution in [0, 0.1) is 0 Å². The highest BCUT2D eigenvalue weighted by Crippen LogP contribution is 2.44. The van der Waals surface area contributed by atoms with Gasteiger partial charge in [-0.05, 0) is 142 Å². The lowest BCUT2D eigenvalue weighted by molar-refractivity contribution is 1.18. The molecule has 11 aromatic carbocycles. The summed E-state index contributed by atoms with van der Waals surface area (Å²) in [5, 5.41) is 2.48. The molecule has 1 aromatic heterocycles. The van der Waals surface area contributed by atoms with Crippen LogP contribution >= 0.6 is 0 Å². The molecule has 0 radical (unpaired) electrons. The molecule has 0 amide bonds. The Morgan fingerprint density at radius 1 is 0.203 bits per heavy atom. The topological polar surface area (TPSA) is 11.4 Å². The van der Waals surface area contributed by atoms with Crippen molar-refractivity contribution in [2.45, 2.75) is 0 Å². The van der Waals surface area contributed by atoms with Gasteiger partial charge in [0.15, 0.2) is 0 Å². The lowest BCUT2D eigenvalue weighted by atomic mass is 9.97. The van der Waals surface area contributed by atoms with Crippen molar-refractivity contribution in [1.29, 1.82) is 0 Å². The minimum Gasteiger partial charge on any atom is -0.310 e. The van der Waals surface area contributed by atoms with Crippen LogP contribution in [0.15, 0.2) is 285 Å². The quantitative estimate of drug-likeness (QED) is 0.128. The Morgan fingerprint density at radius 3 is 1.06 bits per heavy atom. The molecule has 69 heavy (non-hydrogen) atoms. The third-order valence-corrected chi connectivity index (χ3v) is 13.2. The van der Waals surface area contributed by atoms with E-state index < -0.39 is 0 Å². The number of aromatic nitrogens is 1. The van der Waals surface area contributed by atoms with Crippen molar-refractivity contribution >= 4 is 55.9 Å². The van der Waals surface area contributed by atoms with E-state index in [9.17, 15) is 0 Å². The Kier molecular flexibility index (Phi) is 10.9. The summed E-state index contributed by atoms with van der Waals surface area (Å²) in [7, 11) is 0. The molecular formula is C66H47N3. The van der Waals surface area contributed by atoms with Gasteiger partial charge in [0.1, 0.15) is 0 Å². The highest BCUT2D eigenvalue weighted by Gasteiger charge is 2.20. The number of hydrogen-bond acceptors (Lipinski definition) is 2. The van der Waals surface area contributed by atoms with E-state index in [0.29, 0.717) is 0 Å². The summed E-state index contributed by atoms with van der Waals surface area (Å²) in [5.74, 6) is 0. The van der Waals surface area contributed by atoms with Crippen LogP contribution < -0.4 is 9.80 Å². The molecular weight excluding hydrogens is 835 g/mol. The van der Waals surface area contributed by atoms with Crippen LogP contribution in [0.1, 0.15) is 0 Å². The van der Waals surface area contributed by atoms with Gasteiger partial charge >= 0.3 is 0 Å². The van der Waals surface area contributed by atoms with E-state index in [-0.39, 0.29) is 0 Å². The molecule has 1 heterocycles. The maximum atomic E-state index is 2.37. The van der Waals surface area contributed by atoms with Crippen molar-refractivity contribution in [2.75, 3.05) is 9.80 Å². The second-order valence-corrected chi connectivity index (χ2v) is 17.4. The van der Waals surface area contributed by atoms with Gasteiger partial charge in [-0.3, -0.25) is 0 Å². The number of benzene rings is 11. The summed E-state index contributed by atoms with van der Waals surface area (Å²) in [6, 6.07) is 103. The van der Waals surface area contributed by atoms with Crippen LogP contribution in [0.3, 0.4) is 0 Å². The molecule has 3 nitrogen and oxygen atoms in total. The first-order chi connectivity index (χ1) is 34.2. The molecule has 0 bridgehead atoms. The Hall–Kier alpha value is -9.18. The molecule has 0 aliphatic rings. The maximum Gasteiger partial charge on any atom is 0.0541 e. The first kappa shape index (κ1) is 41.3. The van der Waals surface area contributed by atoms with Gasteiger partial charge in [0.2, 0.25) is 0 Å². The molecule has 0 saturated heterocycles. The van der Waals surface area contributed by atoms with E-state index in [1.54, 1.807) is 0 Å². The van der Waals surface area contributed by atoms with Crippen molar-refractivity contribution < 1.29 is 0 Å². The van der Waals surface area contributed by atoms with E-state index in [1.807, 2.05) is 0 Å². The lowest BCUT2D eigenvalue weighted by Crippen LogP contribution is -2.13. The molecule has 0 N–H and O–H groups in total. The Labute approximate surface area is 403 Å². The second-order valence-electron chi connectivity index (χ2n) is 17.4. The van der Waals surface area contributed by atoms with E-state index in [2.05, 4.69) is 299 Å². The molecule has 0 unspecified atom stereocenters. The van der Waals surface area contributed by atoms with Gasteiger partial charge < -0.3 is 14.4 Å². The highest BCUT2D eigenvalue weighted by molar-refractivity contribution is 6.10. The van der Waals surface area contributed by atoms with Crippen LogP contribution in [0.4, 0.5) is 34.1 Å². The van der Waals surface area contributed by atoms with Gasteiger partial charge in [0.05, 0.1) is 11.0 Å². The van der Waals surface area contributed by atoms with E-state index in [4.69, 9.17) is 0 Å². The van der Waals surface area contributed by atoms with Crippen molar-refractivity contribution in [3.63, 3.8) is 0 Å². The lowest BCUT2D eigenvalue weighted by Gasteiger charge is -2.30. The van der Waals surface area contributed by atoms with Gasteiger partial charge in [0.25, 0.3) is 0 Å². The Balaban J connectivity index is 1.00. The monoisotopic (exact) mass is 881 g/mol. The molecule has 12 aromatic rings. The summed E-state index contributed by atoms with van der Waals surface area (Å²) >= 11 is 0. The fraction of sp³-hybridized carbons (Fsp3) is 0. The average Bonchev–Trinajstić information content (AvgIpc) is 3.76. The van der Waals surface area contributed by atoms with Gasteiger partial charge in [0, 0.05) is 50.6 Å². The predicted molar refractivity (Wildman–Crippen MR) is 292 cm³/mol. The first-order valence-corrected chi connectivity index (χ1v) is 23.6. The standard InChI is InChI=1S/C66H47N3/c1-6-18-48(19-7-1)50-34-39-59(40-35-50)67(56-22-10-3-11-23-56)61-44-55(45-62(47-61)68(57-24-12-4-13-25-57)60-41-36-51(37-42-60)49-20-8-2-9-21-49)53-32-30-52(31-33-53)54-38-43-66-64(46-54)63-28-16-17-29-65(63)69(66)58-26-14-5-15-27-58/h1-47H. The molecule has 326 valence electrons. The van der Waals surface area contributed by atoms with Crippen LogP contribution in [0.25, 0.3) is 72.0 Å². The summed E-state index contributed by atoms with van der Waals surface area (Å²) in [4.78, 5) is 4.75. The van der Waals surface area contributed by atoms with Crippen molar-refractivity contribution in [3.8, 4) is 50.2 Å². The van der Waals surface area contributed by atoms with Crippen molar-refractivity contribution in [3.05, 3.63) is 285 Å². The summed E-state index contributed by atoms with van der Waals surface area (Å²) in [6.07, 6.45) is 0. The molecule has 0 aliphatic carbocycles. The minimum atomic E-state index is 1.05. The molecule has 0 spiro atoms. The third-order valence-electron chi connectivity index (χ3n) is 13.2. The Bertz CT molecular complexity index is 3520. The van der Waals surface area contributed by atoms with Crippen molar-refractivity contribution in [2.24, 2.45) is 0 Å². The average molecular weight is 882 g/mol. The molecule has 3 heteroatoms. The minimum absolute atomic E-state index is 1.05. The van der Waals surface area contributed by atoms with E-state index in [0.717, 1.165) is 50.9 Å². The summed E-state index contributed by atoms with van der Waals surface area (Å²) in [6.45, 7) is 0. The van der Waals surface area contributed by atoms with Crippen LogP contribution in [0.2, 0.25) is 0 Å². The van der Waals surface area contributed by atoms with E-state index >= 15 is 0 Å². The zero-order valence-corrected chi connectivity index (χ0v) is 38.0. The smallest absolute Gasteiger partial charge is 0.0541 e. The molecule has 12 rings (SSSR count). The number of rotatable bonds is 11. The molecule has 0 saturated carbocycles. The van der Waals surface area contributed by atoms with Crippen molar-refractivity contribution in [1.82, 2.24) is 4.57 Å². The molecule has 0 aliphatic heterocycles. The molecule has 0 fully saturated rings. The normalized spacial score (nSPS) is 11.2. The second kappa shape index (κ2) is 18.2. The number of nitrogens with zero attached hydrogens (tertiary/aromatic N) is 3. The van der Waals surface area contributed by atoms with Gasteiger partial charge in [-0.2, -0.15) is 0 Å². The zero-order valence-electron chi connectivity index (χ0n) is 38.0. The zero-order chi connectivity index (χ0) is 45.9. The Morgan fingerprint density at radius 2 is 0.551 bits per heavy atom. The largest absolute Gasteiger partial charge is 0.310 e. The summed E-state index contributed by atoms with van der Waals surface area (Å²) < 4.78 is 2.37. The number of hydrogen-bond donors (Lipinski definition) is 0. The fourth-order valence-electron chi connectivity index (χ4n) is 9.80. The molecule has 0 atom stereocenters. The van der Waals surface area contributed by atoms with Gasteiger partial charge in [-0.1, -0.05) is 188 Å². The number of anilines is 6. The first-order valence-electron chi connectivity index (χ1n) is 23.6. The van der Waals surface area contributed by atoms with E-state index in [1.165, 1.54) is 55.2 Å². The summed E-state index contributed by atoms with van der Waals surface area (Å²) in [5.41, 5.74) is 19.3. The van der Waals surface area contributed by atoms with Gasteiger partial charge in [-0.15, -0.1) is 0 Å². The fourth-order valence-corrected chi connectivity index (χ4v) is 9.80. The number of para-hydroxylation sites is 4. The maximum absolute atomic E-state index is 2.37. The third kappa shape index (κ3) is 8.13. The highest BCUT2D eigenvalue weighted by atomic mass is 15.2. The van der Waals surface area contributed by atoms with Gasteiger partial charge in [-0.25, -0.2) is 0 Å². The van der Waals surface area contributed by atoms with Crippen LogP contribution in [-0.4, -0.2) is 4.57 Å². The van der Waals surface area contributed by atoms with Crippen LogP contribution in [-0.2, 0) is 0 Å². The SMILES string of the molecule is c1ccc(-c2ccc(N(c3ccccc3)c3cc(-c4ccc(-c5ccc6c(c5)c5ccccc5n6-c5ccccc5)cc4)cc(N(c4ccccc4)c4ccc(-c5ccccc5)cc4)c3)cc2)cc1. The predicted octanol–water partition coefficient (Wildman–Crippen LogP) is 18.4.